The molecule has 0 saturated carbocycles. The topological polar surface area (TPSA) is 100 Å². The van der Waals surface area contributed by atoms with Crippen LogP contribution in [0.4, 0.5) is 13.2 Å². The van der Waals surface area contributed by atoms with Gasteiger partial charge in [0.15, 0.2) is 0 Å². The predicted octanol–water partition coefficient (Wildman–Crippen LogP) is 2.51. The Morgan fingerprint density at radius 3 is 2.59 bits per heavy atom. The molecule has 32 heavy (non-hydrogen) atoms. The average Bonchev–Trinajstić information content (AvgIpc) is 3.25. The number of hydrogen-bond donors (Lipinski definition) is 2. The van der Waals surface area contributed by atoms with Gasteiger partial charge in [-0.2, -0.15) is 18.3 Å². The molecule has 0 bridgehead atoms. The van der Waals surface area contributed by atoms with Crippen molar-refractivity contribution in [2.24, 2.45) is 0 Å². The van der Waals surface area contributed by atoms with E-state index in [4.69, 9.17) is 4.74 Å². The number of H-pyrrole nitrogens is 1. The van der Waals surface area contributed by atoms with Crippen molar-refractivity contribution in [3.63, 3.8) is 0 Å². The van der Waals surface area contributed by atoms with E-state index < -0.39 is 17.6 Å². The van der Waals surface area contributed by atoms with Crippen molar-refractivity contribution in [1.82, 2.24) is 25.4 Å². The number of amides is 2. The minimum Gasteiger partial charge on any atom is -0.487 e. The maximum atomic E-state index is 12.6. The number of pyridine rings is 1. The van der Waals surface area contributed by atoms with Gasteiger partial charge in [0.05, 0.1) is 30.9 Å². The van der Waals surface area contributed by atoms with Gasteiger partial charge in [0.1, 0.15) is 17.5 Å². The predicted molar refractivity (Wildman–Crippen MR) is 107 cm³/mol. The van der Waals surface area contributed by atoms with Gasteiger partial charge in [-0.1, -0.05) is 0 Å². The molecular weight excluding hydrogens is 427 g/mol. The number of ether oxygens (including phenoxy) is 1. The molecular formula is C21H18F3N5O3. The summed E-state index contributed by atoms with van der Waals surface area (Å²) in [7, 11) is 0. The Morgan fingerprint density at radius 1 is 1.19 bits per heavy atom. The van der Waals surface area contributed by atoms with Crippen LogP contribution >= 0.6 is 0 Å². The molecule has 2 aromatic heterocycles. The lowest BCUT2D eigenvalue weighted by atomic mass is 10.1. The molecule has 8 nitrogen and oxygen atoms in total. The molecule has 0 spiro atoms. The Kier molecular flexibility index (Phi) is 5.80. The quantitative estimate of drug-likeness (QED) is 0.607. The molecule has 11 heteroatoms. The minimum absolute atomic E-state index is 0.201. The summed E-state index contributed by atoms with van der Waals surface area (Å²) in [5, 5.41) is 9.23. The molecule has 2 N–H and O–H groups in total. The fourth-order valence-electron chi connectivity index (χ4n) is 3.09. The smallest absolute Gasteiger partial charge is 0.416 e. The molecule has 0 radical (unpaired) electrons. The van der Waals surface area contributed by atoms with Gasteiger partial charge in [0.25, 0.3) is 5.91 Å². The van der Waals surface area contributed by atoms with Crippen LogP contribution in [-0.4, -0.2) is 57.6 Å². The first-order valence-corrected chi connectivity index (χ1v) is 9.65. The number of aromatic nitrogens is 3. The molecule has 0 unspecified atom stereocenters. The molecule has 1 aromatic carbocycles. The van der Waals surface area contributed by atoms with Gasteiger partial charge in [0, 0.05) is 18.0 Å². The number of likely N-dealkylation sites (tertiary alicyclic amines) is 1. The highest BCUT2D eigenvalue weighted by Gasteiger charge is 2.33. The third kappa shape index (κ3) is 4.88. The first-order chi connectivity index (χ1) is 15.3. The molecule has 4 rings (SSSR count). The van der Waals surface area contributed by atoms with Crippen LogP contribution in [0.1, 0.15) is 16.1 Å². The lowest BCUT2D eigenvalue weighted by Gasteiger charge is -2.39. The second-order valence-electron chi connectivity index (χ2n) is 7.15. The summed E-state index contributed by atoms with van der Waals surface area (Å²) in [6.45, 7) is 0.364. The van der Waals surface area contributed by atoms with Crippen molar-refractivity contribution in [2.45, 2.75) is 12.3 Å². The van der Waals surface area contributed by atoms with Crippen LogP contribution in [0, 0.1) is 0 Å². The lowest BCUT2D eigenvalue weighted by molar-refractivity contribution is -0.139. The van der Waals surface area contributed by atoms with E-state index in [1.165, 1.54) is 17.0 Å². The third-order valence-electron chi connectivity index (χ3n) is 4.87. The van der Waals surface area contributed by atoms with Crippen molar-refractivity contribution in [2.75, 3.05) is 19.6 Å². The lowest BCUT2D eigenvalue weighted by Crippen LogP contribution is -2.58. The van der Waals surface area contributed by atoms with Crippen molar-refractivity contribution in [1.29, 1.82) is 0 Å². The van der Waals surface area contributed by atoms with Crippen LogP contribution < -0.4 is 10.1 Å². The number of carbonyl (C=O) groups is 2. The first-order valence-electron chi connectivity index (χ1n) is 9.65. The normalized spacial score (nSPS) is 14.0. The van der Waals surface area contributed by atoms with Gasteiger partial charge in [0.2, 0.25) is 5.91 Å². The molecule has 0 aliphatic carbocycles. The Hall–Kier alpha value is -3.89. The Morgan fingerprint density at radius 2 is 1.94 bits per heavy atom. The van der Waals surface area contributed by atoms with Crippen molar-refractivity contribution < 1.29 is 27.5 Å². The summed E-state index contributed by atoms with van der Waals surface area (Å²) in [6.07, 6.45) is -1.47. The Balaban J connectivity index is 1.21. The second-order valence-corrected chi connectivity index (χ2v) is 7.15. The first kappa shape index (κ1) is 21.3. The maximum absolute atomic E-state index is 12.6. The summed E-state index contributed by atoms with van der Waals surface area (Å²) in [5.74, 6) is -0.469. The molecule has 166 valence electrons. The van der Waals surface area contributed by atoms with E-state index in [-0.39, 0.29) is 37.3 Å². The van der Waals surface area contributed by atoms with Crippen LogP contribution in [0.25, 0.3) is 11.3 Å². The number of nitrogens with one attached hydrogen (secondary N) is 2. The standard InChI is InChI=1S/C21H18F3N5O3/c22-21(23,24)14-3-5-15(6-4-14)32-16-11-29(12-16)19(30)10-26-20(31)18-8-17(27-28-18)13-2-1-7-25-9-13/h1-9,16H,10-12H2,(H,26,31)(H,27,28). The largest absolute Gasteiger partial charge is 0.487 e. The summed E-state index contributed by atoms with van der Waals surface area (Å²) in [4.78, 5) is 30.0. The van der Waals surface area contributed by atoms with Crippen LogP contribution in [-0.2, 0) is 11.0 Å². The zero-order chi connectivity index (χ0) is 22.7. The molecule has 1 aliphatic rings. The summed E-state index contributed by atoms with van der Waals surface area (Å²) >= 11 is 0. The number of rotatable bonds is 6. The number of halogens is 3. The Labute approximate surface area is 180 Å². The van der Waals surface area contributed by atoms with Crippen LogP contribution in [0.15, 0.2) is 54.9 Å². The number of aromatic amines is 1. The zero-order valence-electron chi connectivity index (χ0n) is 16.6. The highest BCUT2D eigenvalue weighted by molar-refractivity contribution is 5.95. The number of nitrogens with zero attached hydrogens (tertiary/aromatic N) is 3. The Bertz CT molecular complexity index is 1090. The number of hydrogen-bond acceptors (Lipinski definition) is 5. The monoisotopic (exact) mass is 445 g/mol. The second kappa shape index (κ2) is 8.69. The van der Waals surface area contributed by atoms with Crippen LogP contribution in [0.2, 0.25) is 0 Å². The number of alkyl halides is 3. The fraction of sp³-hybridized carbons (Fsp3) is 0.238. The minimum atomic E-state index is -4.40. The van der Waals surface area contributed by atoms with Gasteiger partial charge < -0.3 is 15.0 Å². The van der Waals surface area contributed by atoms with E-state index in [1.807, 2.05) is 0 Å². The summed E-state index contributed by atoms with van der Waals surface area (Å²) < 4.78 is 43.4. The van der Waals surface area contributed by atoms with Crippen LogP contribution in [0.5, 0.6) is 5.75 Å². The summed E-state index contributed by atoms with van der Waals surface area (Å²) in [6, 6.07) is 9.51. The van der Waals surface area contributed by atoms with E-state index in [2.05, 4.69) is 20.5 Å². The van der Waals surface area contributed by atoms with E-state index >= 15 is 0 Å². The number of benzene rings is 1. The highest BCUT2D eigenvalue weighted by atomic mass is 19.4. The van der Waals surface area contributed by atoms with Gasteiger partial charge in [-0.15, -0.1) is 0 Å². The van der Waals surface area contributed by atoms with Crippen molar-refractivity contribution >= 4 is 11.8 Å². The fourth-order valence-corrected chi connectivity index (χ4v) is 3.09. The van der Waals surface area contributed by atoms with Crippen molar-refractivity contribution in [3.8, 4) is 17.0 Å². The van der Waals surface area contributed by atoms with Gasteiger partial charge >= 0.3 is 6.18 Å². The van der Waals surface area contributed by atoms with Gasteiger partial charge in [-0.05, 0) is 42.5 Å². The summed E-state index contributed by atoms with van der Waals surface area (Å²) in [5.41, 5.74) is 0.763. The van der Waals surface area contributed by atoms with Crippen LogP contribution in [0.3, 0.4) is 0 Å². The van der Waals surface area contributed by atoms with E-state index in [0.717, 1.165) is 17.7 Å². The molecule has 3 aromatic rings. The molecule has 2 amide bonds. The van der Waals surface area contributed by atoms with Gasteiger partial charge in [-0.25, -0.2) is 0 Å². The van der Waals surface area contributed by atoms with Gasteiger partial charge in [-0.3, -0.25) is 19.7 Å². The van der Waals surface area contributed by atoms with E-state index in [0.29, 0.717) is 11.4 Å². The molecule has 0 atom stereocenters. The van der Waals surface area contributed by atoms with Crippen molar-refractivity contribution in [3.05, 3.63) is 66.1 Å². The SMILES string of the molecule is O=C(NCC(=O)N1CC(Oc2ccc(C(F)(F)F)cc2)C1)c1cc(-c2cccnc2)n[nH]1. The maximum Gasteiger partial charge on any atom is 0.416 e. The molecule has 1 aliphatic heterocycles. The number of carbonyl (C=O) groups excluding carboxylic acids is 2. The highest BCUT2D eigenvalue weighted by Crippen LogP contribution is 2.30. The van der Waals surface area contributed by atoms with E-state index in [9.17, 15) is 22.8 Å². The molecule has 1 saturated heterocycles. The third-order valence-corrected chi connectivity index (χ3v) is 4.87. The zero-order valence-corrected chi connectivity index (χ0v) is 16.6. The molecule has 1 fully saturated rings. The van der Waals surface area contributed by atoms with E-state index in [1.54, 1.807) is 30.6 Å². The average molecular weight is 445 g/mol. The molecule has 3 heterocycles.